The van der Waals surface area contributed by atoms with Crippen LogP contribution in [0.25, 0.3) is 0 Å². The average molecular weight is 421 g/mol. The van der Waals surface area contributed by atoms with E-state index in [1.54, 1.807) is 24.3 Å². The maximum atomic E-state index is 12.9. The molecule has 150 valence electrons. The maximum absolute atomic E-state index is 12.9. The zero-order valence-corrected chi connectivity index (χ0v) is 15.7. The SMILES string of the molecule is O=C(Nc1ccc(C[S@@](=O)c2ccc(F)cc2)cc1)c1cccc(C(F)(F)F)c1. The van der Waals surface area contributed by atoms with Gasteiger partial charge in [0, 0.05) is 16.1 Å². The van der Waals surface area contributed by atoms with Crippen LogP contribution < -0.4 is 5.32 Å². The molecule has 0 saturated carbocycles. The van der Waals surface area contributed by atoms with Crippen LogP contribution in [0.15, 0.2) is 77.7 Å². The van der Waals surface area contributed by atoms with E-state index in [1.807, 2.05) is 0 Å². The molecule has 0 aliphatic heterocycles. The first-order valence-corrected chi connectivity index (χ1v) is 9.76. The minimum atomic E-state index is -4.53. The van der Waals surface area contributed by atoms with Gasteiger partial charge in [0.05, 0.1) is 22.1 Å². The van der Waals surface area contributed by atoms with E-state index in [-0.39, 0.29) is 11.3 Å². The largest absolute Gasteiger partial charge is 0.416 e. The number of anilines is 1. The molecular weight excluding hydrogens is 406 g/mol. The summed E-state index contributed by atoms with van der Waals surface area (Å²) in [6.07, 6.45) is -4.53. The van der Waals surface area contributed by atoms with Gasteiger partial charge in [-0.15, -0.1) is 0 Å². The van der Waals surface area contributed by atoms with Crippen molar-refractivity contribution in [1.29, 1.82) is 0 Å². The molecule has 1 atom stereocenters. The van der Waals surface area contributed by atoms with Crippen molar-refractivity contribution < 1.29 is 26.6 Å². The lowest BCUT2D eigenvalue weighted by Crippen LogP contribution is -2.14. The molecule has 29 heavy (non-hydrogen) atoms. The summed E-state index contributed by atoms with van der Waals surface area (Å²) in [6, 6.07) is 16.0. The van der Waals surface area contributed by atoms with Gasteiger partial charge in [0.15, 0.2) is 0 Å². The highest BCUT2D eigenvalue weighted by Crippen LogP contribution is 2.29. The van der Waals surface area contributed by atoms with Gasteiger partial charge >= 0.3 is 6.18 Å². The fourth-order valence-electron chi connectivity index (χ4n) is 2.55. The first kappa shape index (κ1) is 20.7. The van der Waals surface area contributed by atoms with Crippen molar-refractivity contribution in [2.24, 2.45) is 0 Å². The van der Waals surface area contributed by atoms with Crippen molar-refractivity contribution in [2.75, 3.05) is 5.32 Å². The van der Waals surface area contributed by atoms with Crippen LogP contribution in [0.1, 0.15) is 21.5 Å². The van der Waals surface area contributed by atoms with Crippen LogP contribution in [-0.2, 0) is 22.7 Å². The molecule has 3 nitrogen and oxygen atoms in total. The van der Waals surface area contributed by atoms with Gasteiger partial charge in [0.1, 0.15) is 5.82 Å². The molecule has 0 radical (unpaired) electrons. The van der Waals surface area contributed by atoms with Crippen LogP contribution >= 0.6 is 0 Å². The van der Waals surface area contributed by atoms with Crippen molar-refractivity contribution in [2.45, 2.75) is 16.8 Å². The molecule has 0 fully saturated rings. The van der Waals surface area contributed by atoms with Crippen LogP contribution in [0.4, 0.5) is 23.2 Å². The highest BCUT2D eigenvalue weighted by Gasteiger charge is 2.30. The van der Waals surface area contributed by atoms with E-state index in [0.717, 1.165) is 17.7 Å². The van der Waals surface area contributed by atoms with E-state index in [0.29, 0.717) is 10.6 Å². The molecule has 1 amide bonds. The molecule has 0 saturated heterocycles. The normalized spacial score (nSPS) is 12.4. The molecule has 0 unspecified atom stereocenters. The Hall–Kier alpha value is -3.00. The number of halogens is 4. The van der Waals surface area contributed by atoms with Gasteiger partial charge in [-0.3, -0.25) is 9.00 Å². The Balaban J connectivity index is 1.65. The standard InChI is InChI=1S/C21H15F4NO2S/c22-17-6-10-19(11-7-17)29(28)13-14-4-8-18(9-5-14)26-20(27)15-2-1-3-16(12-15)21(23,24)25/h1-12H,13H2,(H,26,27)/t29-/m1/s1. The molecule has 8 heteroatoms. The monoisotopic (exact) mass is 421 g/mol. The second-order valence-electron chi connectivity index (χ2n) is 6.17. The molecule has 0 heterocycles. The zero-order valence-electron chi connectivity index (χ0n) is 14.9. The van der Waals surface area contributed by atoms with Gasteiger partial charge in [-0.05, 0) is 60.2 Å². The molecular formula is C21H15F4NO2S. The fourth-order valence-corrected chi connectivity index (χ4v) is 3.65. The van der Waals surface area contributed by atoms with E-state index in [1.165, 1.54) is 36.4 Å². The molecule has 1 N–H and O–H groups in total. The predicted octanol–water partition coefficient (Wildman–Crippen LogP) is 5.40. The highest BCUT2D eigenvalue weighted by atomic mass is 32.2. The lowest BCUT2D eigenvalue weighted by atomic mass is 10.1. The number of rotatable bonds is 5. The lowest BCUT2D eigenvalue weighted by molar-refractivity contribution is -0.137. The van der Waals surface area contributed by atoms with Crippen LogP contribution in [-0.4, -0.2) is 10.1 Å². The Kier molecular flexibility index (Phi) is 6.12. The quantitative estimate of drug-likeness (QED) is 0.561. The van der Waals surface area contributed by atoms with E-state index < -0.39 is 34.3 Å². The number of hydrogen-bond donors (Lipinski definition) is 1. The van der Waals surface area contributed by atoms with E-state index in [4.69, 9.17) is 0 Å². The topological polar surface area (TPSA) is 46.2 Å². The summed E-state index contributed by atoms with van der Waals surface area (Å²) < 4.78 is 63.6. The third kappa shape index (κ3) is 5.51. The Morgan fingerprint density at radius 2 is 1.59 bits per heavy atom. The predicted molar refractivity (Wildman–Crippen MR) is 102 cm³/mol. The van der Waals surface area contributed by atoms with E-state index >= 15 is 0 Å². The highest BCUT2D eigenvalue weighted by molar-refractivity contribution is 7.84. The third-order valence-corrected chi connectivity index (χ3v) is 5.43. The summed E-state index contributed by atoms with van der Waals surface area (Å²) in [7, 11) is -1.36. The first-order valence-electron chi connectivity index (χ1n) is 8.44. The lowest BCUT2D eigenvalue weighted by Gasteiger charge is -2.10. The third-order valence-electron chi connectivity index (χ3n) is 4.04. The number of carbonyl (C=O) groups excluding carboxylic acids is 1. The number of benzene rings is 3. The summed E-state index contributed by atoms with van der Waals surface area (Å²) in [5.41, 5.74) is 0.110. The molecule has 3 rings (SSSR count). The van der Waals surface area contributed by atoms with Crippen molar-refractivity contribution in [3.8, 4) is 0 Å². The van der Waals surface area contributed by atoms with Gasteiger partial charge < -0.3 is 5.32 Å². The van der Waals surface area contributed by atoms with Crippen molar-refractivity contribution >= 4 is 22.4 Å². The van der Waals surface area contributed by atoms with Crippen molar-refractivity contribution in [3.63, 3.8) is 0 Å². The number of hydrogen-bond acceptors (Lipinski definition) is 2. The zero-order chi connectivity index (χ0) is 21.0. The number of alkyl halides is 3. The van der Waals surface area contributed by atoms with Crippen LogP contribution in [0, 0.1) is 5.82 Å². The summed E-state index contributed by atoms with van der Waals surface area (Å²) >= 11 is 0. The minimum absolute atomic E-state index is 0.110. The second kappa shape index (κ2) is 8.57. The van der Waals surface area contributed by atoms with E-state index in [9.17, 15) is 26.6 Å². The van der Waals surface area contributed by atoms with Crippen molar-refractivity contribution in [3.05, 3.63) is 95.3 Å². The van der Waals surface area contributed by atoms with Gasteiger partial charge in [0.2, 0.25) is 0 Å². The number of nitrogens with one attached hydrogen (secondary N) is 1. The van der Waals surface area contributed by atoms with Crippen molar-refractivity contribution in [1.82, 2.24) is 0 Å². The summed E-state index contributed by atoms with van der Waals surface area (Å²) in [5, 5.41) is 2.53. The van der Waals surface area contributed by atoms with Crippen LogP contribution in [0.3, 0.4) is 0 Å². The van der Waals surface area contributed by atoms with Crippen LogP contribution in [0.2, 0.25) is 0 Å². The molecule has 0 bridgehead atoms. The number of carbonyl (C=O) groups is 1. The second-order valence-corrected chi connectivity index (χ2v) is 7.62. The van der Waals surface area contributed by atoms with Gasteiger partial charge in [-0.2, -0.15) is 13.2 Å². The van der Waals surface area contributed by atoms with Crippen LogP contribution in [0.5, 0.6) is 0 Å². The molecule has 0 spiro atoms. The molecule has 3 aromatic carbocycles. The summed E-state index contributed by atoms with van der Waals surface area (Å²) in [5.74, 6) is -0.877. The summed E-state index contributed by atoms with van der Waals surface area (Å²) in [4.78, 5) is 12.7. The maximum Gasteiger partial charge on any atom is 0.416 e. The first-order chi connectivity index (χ1) is 13.7. The number of amides is 1. The molecule has 0 aliphatic carbocycles. The van der Waals surface area contributed by atoms with E-state index in [2.05, 4.69) is 5.32 Å². The Labute approximate surface area is 166 Å². The van der Waals surface area contributed by atoms with Gasteiger partial charge in [-0.1, -0.05) is 18.2 Å². The summed E-state index contributed by atoms with van der Waals surface area (Å²) in [6.45, 7) is 0. The average Bonchev–Trinajstić information content (AvgIpc) is 2.69. The van der Waals surface area contributed by atoms with Gasteiger partial charge in [0.25, 0.3) is 5.91 Å². The molecule has 0 aromatic heterocycles. The fraction of sp³-hybridized carbons (Fsp3) is 0.0952. The Morgan fingerprint density at radius 3 is 2.21 bits per heavy atom. The molecule has 3 aromatic rings. The smallest absolute Gasteiger partial charge is 0.322 e. The minimum Gasteiger partial charge on any atom is -0.322 e. The van der Waals surface area contributed by atoms with Gasteiger partial charge in [-0.25, -0.2) is 4.39 Å². The molecule has 0 aliphatic rings. The Morgan fingerprint density at radius 1 is 0.931 bits per heavy atom. The Bertz CT molecular complexity index is 1030.